The fourth-order valence-corrected chi connectivity index (χ4v) is 2.53. The summed E-state index contributed by atoms with van der Waals surface area (Å²) in [5.41, 5.74) is 0. The van der Waals surface area contributed by atoms with Crippen molar-refractivity contribution in [3.8, 4) is 0 Å². The smallest absolute Gasteiger partial charge is 0.0704 e. The van der Waals surface area contributed by atoms with E-state index in [0.717, 1.165) is 0 Å². The molecule has 0 aromatic rings. The van der Waals surface area contributed by atoms with Gasteiger partial charge in [0, 0.05) is 5.88 Å². The van der Waals surface area contributed by atoms with Crippen LogP contribution in [0.5, 0.6) is 0 Å². The Labute approximate surface area is 227 Å². The fourth-order valence-electron chi connectivity index (χ4n) is 2.42. The number of rotatable bonds is 34. The van der Waals surface area contributed by atoms with Crippen molar-refractivity contribution in [2.45, 2.75) is 0 Å². The Kier molecular flexibility index (Phi) is 35.2. The van der Waals surface area contributed by atoms with E-state index in [2.05, 4.69) is 6.58 Å². The van der Waals surface area contributed by atoms with Crippen LogP contribution in [0.25, 0.3) is 0 Å². The molecule has 12 heteroatoms. The Morgan fingerprint density at radius 1 is 0.324 bits per heavy atom. The lowest BCUT2D eigenvalue weighted by Crippen LogP contribution is -2.15. The highest BCUT2D eigenvalue weighted by atomic mass is 35.5. The van der Waals surface area contributed by atoms with Gasteiger partial charge in [-0.25, -0.2) is 0 Å². The Hall–Kier alpha value is -0.410. The Bertz CT molecular complexity index is 422. The predicted octanol–water partition coefficient (Wildman–Crippen LogP) is 1.59. The molecule has 37 heavy (non-hydrogen) atoms. The second-order valence-corrected chi connectivity index (χ2v) is 7.55. The Balaban J connectivity index is 3.01. The van der Waals surface area contributed by atoms with Crippen LogP contribution in [0.1, 0.15) is 0 Å². The van der Waals surface area contributed by atoms with Crippen molar-refractivity contribution in [3.63, 3.8) is 0 Å². The summed E-state index contributed by atoms with van der Waals surface area (Å²) in [6.07, 6.45) is 1.71. The number of hydrogen-bond donors (Lipinski definition) is 0. The molecule has 11 nitrogen and oxygen atoms in total. The average molecular weight is 561 g/mol. The van der Waals surface area contributed by atoms with E-state index in [9.17, 15) is 0 Å². The maximum absolute atomic E-state index is 5.50. The summed E-state index contributed by atoms with van der Waals surface area (Å²) in [6, 6.07) is 0. The number of ether oxygens (including phenoxy) is 11. The van der Waals surface area contributed by atoms with Gasteiger partial charge < -0.3 is 52.1 Å². The first-order valence-electron chi connectivity index (χ1n) is 12.9. The van der Waals surface area contributed by atoms with Gasteiger partial charge >= 0.3 is 0 Å². The third kappa shape index (κ3) is 35.6. The lowest BCUT2D eigenvalue weighted by atomic mass is 10.6. The molecule has 0 saturated carbocycles. The molecule has 0 aliphatic carbocycles. The SMILES string of the molecule is C=CCOCCOCCOCCOCCOCCOCCOCCOCCOCCOCCOCCCl. The number of halogens is 1. The molecule has 0 aromatic heterocycles. The van der Waals surface area contributed by atoms with Crippen LogP contribution < -0.4 is 0 Å². The van der Waals surface area contributed by atoms with Gasteiger partial charge in [-0.2, -0.15) is 0 Å². The van der Waals surface area contributed by atoms with Crippen LogP contribution in [0.3, 0.4) is 0 Å². The molecule has 0 saturated heterocycles. The molecule has 0 bridgehead atoms. The van der Waals surface area contributed by atoms with Crippen LogP contribution in [0.2, 0.25) is 0 Å². The van der Waals surface area contributed by atoms with E-state index < -0.39 is 0 Å². The van der Waals surface area contributed by atoms with E-state index >= 15 is 0 Å². The first-order valence-corrected chi connectivity index (χ1v) is 13.5. The lowest BCUT2D eigenvalue weighted by Gasteiger charge is -2.09. The largest absolute Gasteiger partial charge is 0.378 e. The van der Waals surface area contributed by atoms with E-state index in [1.807, 2.05) is 0 Å². The predicted molar refractivity (Wildman–Crippen MR) is 140 cm³/mol. The lowest BCUT2D eigenvalue weighted by molar-refractivity contribution is -0.0271. The molecule has 0 heterocycles. The molecule has 0 aromatic carbocycles. The summed E-state index contributed by atoms with van der Waals surface area (Å²) in [5.74, 6) is 0.499. The minimum absolute atomic E-state index is 0.499. The van der Waals surface area contributed by atoms with Crippen LogP contribution in [0, 0.1) is 0 Å². The van der Waals surface area contributed by atoms with Gasteiger partial charge in [0.15, 0.2) is 0 Å². The number of hydrogen-bond acceptors (Lipinski definition) is 11. The third-order valence-corrected chi connectivity index (χ3v) is 4.33. The highest BCUT2D eigenvalue weighted by Crippen LogP contribution is 1.87. The molecule has 222 valence electrons. The summed E-state index contributed by atoms with van der Waals surface area (Å²) in [6.45, 7) is 15.3. The quantitative estimate of drug-likeness (QED) is 0.0651. The highest BCUT2D eigenvalue weighted by Gasteiger charge is 1.96. The molecular weight excluding hydrogens is 512 g/mol. The molecule has 0 unspecified atom stereocenters. The van der Waals surface area contributed by atoms with Gasteiger partial charge in [0.2, 0.25) is 0 Å². The zero-order chi connectivity index (χ0) is 26.7. The summed E-state index contributed by atoms with van der Waals surface area (Å²) < 4.78 is 59.1. The van der Waals surface area contributed by atoms with E-state index in [0.29, 0.717) is 151 Å². The molecule has 0 spiro atoms. The second-order valence-electron chi connectivity index (χ2n) is 7.18. The summed E-state index contributed by atoms with van der Waals surface area (Å²) in [5, 5.41) is 0. The standard InChI is InChI=1S/C25H49ClO11/c1-2-4-27-6-8-29-10-12-31-14-16-33-18-20-35-22-24-37-25-23-36-21-19-34-17-15-32-13-11-30-9-7-28-5-3-26/h2H,1,3-25H2. The van der Waals surface area contributed by atoms with Crippen molar-refractivity contribution in [2.75, 3.05) is 151 Å². The van der Waals surface area contributed by atoms with Crippen LogP contribution >= 0.6 is 11.6 Å². The van der Waals surface area contributed by atoms with Gasteiger partial charge in [-0.05, 0) is 0 Å². The van der Waals surface area contributed by atoms with Gasteiger partial charge in [-0.15, -0.1) is 18.2 Å². The van der Waals surface area contributed by atoms with E-state index in [4.69, 9.17) is 63.7 Å². The van der Waals surface area contributed by atoms with Gasteiger partial charge in [-0.1, -0.05) is 6.08 Å². The molecule has 0 aliphatic heterocycles. The Morgan fingerprint density at radius 2 is 0.514 bits per heavy atom. The van der Waals surface area contributed by atoms with Crippen LogP contribution in [0.15, 0.2) is 12.7 Å². The Morgan fingerprint density at radius 3 is 0.703 bits per heavy atom. The van der Waals surface area contributed by atoms with Gasteiger partial charge in [0.1, 0.15) is 0 Å². The first-order chi connectivity index (χ1) is 18.4. The number of alkyl halides is 1. The van der Waals surface area contributed by atoms with Crippen molar-refractivity contribution >= 4 is 11.6 Å². The zero-order valence-corrected chi connectivity index (χ0v) is 23.2. The van der Waals surface area contributed by atoms with Crippen molar-refractivity contribution < 1.29 is 52.1 Å². The zero-order valence-electron chi connectivity index (χ0n) is 22.4. The fraction of sp³-hybridized carbons (Fsp3) is 0.920. The topological polar surface area (TPSA) is 102 Å². The monoisotopic (exact) mass is 560 g/mol. The van der Waals surface area contributed by atoms with Crippen molar-refractivity contribution in [1.82, 2.24) is 0 Å². The highest BCUT2D eigenvalue weighted by molar-refractivity contribution is 6.17. The minimum atomic E-state index is 0.499. The van der Waals surface area contributed by atoms with Gasteiger partial charge in [0.05, 0.1) is 145 Å². The van der Waals surface area contributed by atoms with Gasteiger partial charge in [-0.3, -0.25) is 0 Å². The normalized spacial score (nSPS) is 11.4. The van der Waals surface area contributed by atoms with Crippen molar-refractivity contribution in [1.29, 1.82) is 0 Å². The third-order valence-electron chi connectivity index (χ3n) is 4.18. The van der Waals surface area contributed by atoms with E-state index in [-0.39, 0.29) is 0 Å². The van der Waals surface area contributed by atoms with Crippen molar-refractivity contribution in [3.05, 3.63) is 12.7 Å². The first kappa shape index (κ1) is 36.6. The average Bonchev–Trinajstić information content (AvgIpc) is 2.91. The summed E-state index contributed by atoms with van der Waals surface area (Å²) >= 11 is 5.50. The van der Waals surface area contributed by atoms with Gasteiger partial charge in [0.25, 0.3) is 0 Å². The van der Waals surface area contributed by atoms with E-state index in [1.165, 1.54) is 0 Å². The minimum Gasteiger partial charge on any atom is -0.378 e. The maximum atomic E-state index is 5.50. The molecule has 0 N–H and O–H groups in total. The second kappa shape index (κ2) is 35.6. The van der Waals surface area contributed by atoms with Crippen LogP contribution in [-0.4, -0.2) is 151 Å². The molecule has 0 rings (SSSR count). The van der Waals surface area contributed by atoms with E-state index in [1.54, 1.807) is 6.08 Å². The molecule has 0 fully saturated rings. The van der Waals surface area contributed by atoms with Crippen molar-refractivity contribution in [2.24, 2.45) is 0 Å². The molecule has 0 aliphatic rings. The molecule has 0 atom stereocenters. The summed E-state index contributed by atoms with van der Waals surface area (Å²) in [7, 11) is 0. The molecular formula is C25H49ClO11. The molecule has 0 amide bonds. The van der Waals surface area contributed by atoms with Crippen LogP contribution in [-0.2, 0) is 52.1 Å². The maximum Gasteiger partial charge on any atom is 0.0704 e. The summed E-state index contributed by atoms with van der Waals surface area (Å²) in [4.78, 5) is 0. The molecule has 0 radical (unpaired) electrons. The van der Waals surface area contributed by atoms with Crippen LogP contribution in [0.4, 0.5) is 0 Å².